The smallest absolute Gasteiger partial charge is 0.241 e. The molecule has 0 bridgehead atoms. The normalized spacial score (nSPS) is 11.8. The first-order valence-electron chi connectivity index (χ1n) is 4.76. The first kappa shape index (κ1) is 13.6. The minimum absolute atomic E-state index is 0.0156. The van der Waals surface area contributed by atoms with Gasteiger partial charge in [-0.05, 0) is 53.0 Å². The fourth-order valence-corrected chi connectivity index (χ4v) is 3.48. The predicted octanol–water partition coefficient (Wildman–Crippen LogP) is 1.34. The highest BCUT2D eigenvalue weighted by molar-refractivity contribution is 9.10. The van der Waals surface area contributed by atoms with Gasteiger partial charge in [-0.15, -0.1) is 0 Å². The number of aliphatic hydroxyl groups excluding tert-OH is 1. The monoisotopic (exact) mass is 307 g/mol. The van der Waals surface area contributed by atoms with E-state index in [1.54, 1.807) is 12.1 Å². The molecule has 1 rings (SSSR count). The fourth-order valence-electron chi connectivity index (χ4n) is 1.22. The number of rotatable bonds is 4. The lowest BCUT2D eigenvalue weighted by molar-refractivity contribution is 0.301. The fraction of sp³-hybridized carbons (Fsp3) is 0.400. The van der Waals surface area contributed by atoms with Gasteiger partial charge in [-0.3, -0.25) is 0 Å². The van der Waals surface area contributed by atoms with E-state index in [-0.39, 0.29) is 18.0 Å². The molecule has 0 saturated carbocycles. The molecule has 0 fully saturated rings. The Bertz CT molecular complexity index is 485. The van der Waals surface area contributed by atoms with Crippen LogP contribution in [0, 0.1) is 13.8 Å². The van der Waals surface area contributed by atoms with Gasteiger partial charge in [0.15, 0.2) is 0 Å². The Morgan fingerprint density at radius 3 is 2.44 bits per heavy atom. The van der Waals surface area contributed by atoms with Gasteiger partial charge in [0.2, 0.25) is 10.0 Å². The first-order chi connectivity index (χ1) is 7.38. The minimum atomic E-state index is -3.55. The molecule has 6 heteroatoms. The lowest BCUT2D eigenvalue weighted by Gasteiger charge is -2.10. The maximum Gasteiger partial charge on any atom is 0.241 e. The second kappa shape index (κ2) is 5.27. The van der Waals surface area contributed by atoms with E-state index in [1.807, 2.05) is 13.8 Å². The summed E-state index contributed by atoms with van der Waals surface area (Å²) in [6.07, 6.45) is 0. The van der Waals surface area contributed by atoms with Crippen molar-refractivity contribution in [2.45, 2.75) is 18.7 Å². The van der Waals surface area contributed by atoms with E-state index in [0.717, 1.165) is 11.1 Å². The van der Waals surface area contributed by atoms with Crippen molar-refractivity contribution in [2.24, 2.45) is 0 Å². The van der Waals surface area contributed by atoms with E-state index in [9.17, 15) is 8.42 Å². The SMILES string of the molecule is Cc1cc(Br)c(S(=O)(=O)NCCO)cc1C. The Morgan fingerprint density at radius 2 is 1.88 bits per heavy atom. The Kier molecular flexibility index (Phi) is 4.49. The van der Waals surface area contributed by atoms with Gasteiger partial charge in [0.05, 0.1) is 11.5 Å². The van der Waals surface area contributed by atoms with Crippen molar-refractivity contribution >= 4 is 26.0 Å². The molecular weight excluding hydrogens is 294 g/mol. The van der Waals surface area contributed by atoms with Gasteiger partial charge >= 0.3 is 0 Å². The van der Waals surface area contributed by atoms with Gasteiger partial charge in [-0.1, -0.05) is 0 Å². The minimum Gasteiger partial charge on any atom is -0.395 e. The summed E-state index contributed by atoms with van der Waals surface area (Å²) < 4.78 is 26.5. The summed E-state index contributed by atoms with van der Waals surface area (Å²) in [4.78, 5) is 0.198. The Morgan fingerprint density at radius 1 is 1.31 bits per heavy atom. The molecule has 0 heterocycles. The second-order valence-electron chi connectivity index (χ2n) is 3.49. The van der Waals surface area contributed by atoms with Crippen LogP contribution in [0.5, 0.6) is 0 Å². The van der Waals surface area contributed by atoms with E-state index in [1.165, 1.54) is 0 Å². The number of hydrogen-bond acceptors (Lipinski definition) is 3. The van der Waals surface area contributed by atoms with Crippen LogP contribution in [0.2, 0.25) is 0 Å². The van der Waals surface area contributed by atoms with Crippen LogP contribution >= 0.6 is 15.9 Å². The topological polar surface area (TPSA) is 66.4 Å². The molecule has 0 aliphatic heterocycles. The lowest BCUT2D eigenvalue weighted by atomic mass is 10.1. The maximum atomic E-state index is 11.8. The Labute approximate surface area is 104 Å². The zero-order valence-electron chi connectivity index (χ0n) is 9.12. The summed E-state index contributed by atoms with van der Waals surface area (Å²) in [6.45, 7) is 3.56. The van der Waals surface area contributed by atoms with E-state index in [4.69, 9.17) is 5.11 Å². The standard InChI is InChI=1S/C10H14BrNO3S/c1-7-5-9(11)10(6-8(7)2)16(14,15)12-3-4-13/h5-6,12-13H,3-4H2,1-2H3. The average molecular weight is 308 g/mol. The van der Waals surface area contributed by atoms with Gasteiger partial charge in [0.25, 0.3) is 0 Å². The summed E-state index contributed by atoms with van der Waals surface area (Å²) in [5, 5.41) is 8.61. The molecule has 0 aliphatic carbocycles. The van der Waals surface area contributed by atoms with Gasteiger partial charge in [0, 0.05) is 11.0 Å². The van der Waals surface area contributed by atoms with Crippen molar-refractivity contribution in [1.29, 1.82) is 0 Å². The van der Waals surface area contributed by atoms with Crippen molar-refractivity contribution < 1.29 is 13.5 Å². The molecule has 0 unspecified atom stereocenters. The lowest BCUT2D eigenvalue weighted by Crippen LogP contribution is -2.27. The number of sulfonamides is 1. The number of halogens is 1. The first-order valence-corrected chi connectivity index (χ1v) is 7.03. The van der Waals surface area contributed by atoms with Gasteiger partial charge in [-0.25, -0.2) is 13.1 Å². The van der Waals surface area contributed by atoms with Crippen LogP contribution in [0.25, 0.3) is 0 Å². The van der Waals surface area contributed by atoms with Crippen LogP contribution in [-0.4, -0.2) is 26.7 Å². The number of benzene rings is 1. The van der Waals surface area contributed by atoms with E-state index >= 15 is 0 Å². The highest BCUT2D eigenvalue weighted by Crippen LogP contribution is 2.25. The molecule has 0 radical (unpaired) electrons. The Balaban J connectivity index is 3.18. The van der Waals surface area contributed by atoms with Gasteiger partial charge in [0.1, 0.15) is 0 Å². The van der Waals surface area contributed by atoms with Crippen molar-refractivity contribution in [3.05, 3.63) is 27.7 Å². The molecule has 1 aromatic carbocycles. The zero-order valence-corrected chi connectivity index (χ0v) is 11.5. The average Bonchev–Trinajstić information content (AvgIpc) is 2.20. The molecule has 0 amide bonds. The summed E-state index contributed by atoms with van der Waals surface area (Å²) in [7, 11) is -3.55. The summed E-state index contributed by atoms with van der Waals surface area (Å²) in [5.74, 6) is 0. The second-order valence-corrected chi connectivity index (χ2v) is 6.08. The van der Waals surface area contributed by atoms with Crippen molar-refractivity contribution in [3.63, 3.8) is 0 Å². The van der Waals surface area contributed by atoms with Crippen molar-refractivity contribution in [3.8, 4) is 0 Å². The van der Waals surface area contributed by atoms with Gasteiger partial charge in [-0.2, -0.15) is 0 Å². The summed E-state index contributed by atoms with van der Waals surface area (Å²) >= 11 is 3.23. The van der Waals surface area contributed by atoms with Crippen LogP contribution in [0.1, 0.15) is 11.1 Å². The van der Waals surface area contributed by atoms with E-state index in [2.05, 4.69) is 20.7 Å². The van der Waals surface area contributed by atoms with Crippen LogP contribution in [0.4, 0.5) is 0 Å². The molecule has 2 N–H and O–H groups in total. The molecule has 4 nitrogen and oxygen atoms in total. The number of aryl methyl sites for hydroxylation is 2. The molecule has 90 valence electrons. The molecular formula is C10H14BrNO3S. The zero-order chi connectivity index (χ0) is 12.3. The highest BCUT2D eigenvalue weighted by atomic mass is 79.9. The van der Waals surface area contributed by atoms with Crippen LogP contribution in [0.3, 0.4) is 0 Å². The molecule has 16 heavy (non-hydrogen) atoms. The Hall–Kier alpha value is -0.430. The van der Waals surface area contributed by atoms with Gasteiger partial charge < -0.3 is 5.11 Å². The van der Waals surface area contributed by atoms with Crippen molar-refractivity contribution in [2.75, 3.05) is 13.2 Å². The highest BCUT2D eigenvalue weighted by Gasteiger charge is 2.17. The summed E-state index contributed by atoms with van der Waals surface area (Å²) in [6, 6.07) is 3.38. The molecule has 0 atom stereocenters. The molecule has 0 aromatic heterocycles. The predicted molar refractivity (Wildman–Crippen MR) is 65.9 cm³/mol. The van der Waals surface area contributed by atoms with Crippen LogP contribution in [0.15, 0.2) is 21.5 Å². The van der Waals surface area contributed by atoms with Crippen molar-refractivity contribution in [1.82, 2.24) is 4.72 Å². The number of hydrogen-bond donors (Lipinski definition) is 2. The number of nitrogens with one attached hydrogen (secondary N) is 1. The van der Waals surface area contributed by atoms with E-state index < -0.39 is 10.0 Å². The largest absolute Gasteiger partial charge is 0.395 e. The quantitative estimate of drug-likeness (QED) is 0.882. The maximum absolute atomic E-state index is 11.8. The summed E-state index contributed by atoms with van der Waals surface area (Å²) in [5.41, 5.74) is 1.93. The number of aliphatic hydroxyl groups is 1. The molecule has 0 spiro atoms. The molecule has 0 saturated heterocycles. The molecule has 0 aliphatic rings. The third-order valence-corrected chi connectivity index (χ3v) is 4.66. The van der Waals surface area contributed by atoms with Crippen LogP contribution in [-0.2, 0) is 10.0 Å². The third kappa shape index (κ3) is 3.04. The van der Waals surface area contributed by atoms with Crippen LogP contribution < -0.4 is 4.72 Å². The molecule has 1 aromatic rings. The van der Waals surface area contributed by atoms with E-state index in [0.29, 0.717) is 4.47 Å². The third-order valence-electron chi connectivity index (χ3n) is 2.24.